The fourth-order valence-electron chi connectivity index (χ4n) is 3.71. The van der Waals surface area contributed by atoms with Crippen LogP contribution in [0.3, 0.4) is 0 Å². The van der Waals surface area contributed by atoms with Gasteiger partial charge in [0.2, 0.25) is 0 Å². The minimum absolute atomic E-state index is 0.0170. The molecule has 1 amide bonds. The molecule has 1 fully saturated rings. The third kappa shape index (κ3) is 3.32. The molecule has 7 heteroatoms. The summed E-state index contributed by atoms with van der Waals surface area (Å²) in [6.07, 6.45) is 5.33. The number of carbonyl (C=O) groups is 1. The largest absolute Gasteiger partial charge is 0.493 e. The number of carbonyl (C=O) groups excluding carboxylic acids is 1. The maximum atomic E-state index is 12.9. The quantitative estimate of drug-likeness (QED) is 0.694. The lowest BCUT2D eigenvalue weighted by Gasteiger charge is -2.17. The standard InChI is InChI=1S/C20H22N4O3/c1-26-17-6-5-14(11-18(17)27-2)10-15-7-9-23(12-15)20(25)16-4-3-8-24-13-21-22-19(16)24/h3-6,8,11,13,15H,7,9-10,12H2,1-2H3. The smallest absolute Gasteiger partial charge is 0.257 e. The number of likely N-dealkylation sites (tertiary alicyclic amines) is 1. The number of methoxy groups -OCH3 is 2. The zero-order chi connectivity index (χ0) is 18.8. The van der Waals surface area contributed by atoms with Crippen molar-refractivity contribution in [2.75, 3.05) is 27.3 Å². The fourth-order valence-corrected chi connectivity index (χ4v) is 3.71. The highest BCUT2D eigenvalue weighted by Gasteiger charge is 2.28. The van der Waals surface area contributed by atoms with E-state index >= 15 is 0 Å². The molecule has 1 saturated heterocycles. The summed E-state index contributed by atoms with van der Waals surface area (Å²) >= 11 is 0. The minimum atomic E-state index is 0.0170. The summed E-state index contributed by atoms with van der Waals surface area (Å²) in [4.78, 5) is 14.9. The van der Waals surface area contributed by atoms with Gasteiger partial charge in [-0.15, -0.1) is 10.2 Å². The first-order valence-corrected chi connectivity index (χ1v) is 8.98. The normalized spacial score (nSPS) is 16.7. The molecular formula is C20H22N4O3. The summed E-state index contributed by atoms with van der Waals surface area (Å²) < 4.78 is 12.5. The third-order valence-electron chi connectivity index (χ3n) is 5.10. The molecule has 1 atom stereocenters. The van der Waals surface area contributed by atoms with E-state index in [0.717, 1.165) is 37.4 Å². The Hall–Kier alpha value is -3.09. The predicted octanol–water partition coefficient (Wildman–Crippen LogP) is 2.45. The molecule has 3 aromatic rings. The van der Waals surface area contributed by atoms with Crippen LogP contribution in [-0.4, -0.2) is 52.7 Å². The zero-order valence-corrected chi connectivity index (χ0v) is 15.5. The Morgan fingerprint density at radius 2 is 2.07 bits per heavy atom. The molecule has 0 spiro atoms. The molecule has 1 aliphatic rings. The van der Waals surface area contributed by atoms with E-state index in [0.29, 0.717) is 17.1 Å². The fraction of sp³-hybridized carbons (Fsp3) is 0.350. The van der Waals surface area contributed by atoms with Crippen LogP contribution in [-0.2, 0) is 6.42 Å². The van der Waals surface area contributed by atoms with Crippen LogP contribution < -0.4 is 9.47 Å². The van der Waals surface area contributed by atoms with Crippen LogP contribution in [0, 0.1) is 5.92 Å². The predicted molar refractivity (Wildman–Crippen MR) is 100 cm³/mol. The van der Waals surface area contributed by atoms with Gasteiger partial charge in [-0.05, 0) is 48.6 Å². The lowest BCUT2D eigenvalue weighted by molar-refractivity contribution is 0.0788. The van der Waals surface area contributed by atoms with Gasteiger partial charge in [0.15, 0.2) is 17.1 Å². The van der Waals surface area contributed by atoms with Crippen molar-refractivity contribution in [2.45, 2.75) is 12.8 Å². The second kappa shape index (κ2) is 7.26. The summed E-state index contributed by atoms with van der Waals surface area (Å²) in [5.74, 6) is 1.90. The number of pyridine rings is 1. The van der Waals surface area contributed by atoms with Crippen molar-refractivity contribution in [1.82, 2.24) is 19.5 Å². The van der Waals surface area contributed by atoms with E-state index in [1.807, 2.05) is 35.4 Å². The van der Waals surface area contributed by atoms with Crippen molar-refractivity contribution >= 4 is 11.6 Å². The summed E-state index contributed by atoms with van der Waals surface area (Å²) in [6.45, 7) is 1.49. The summed E-state index contributed by atoms with van der Waals surface area (Å²) in [5, 5.41) is 7.97. The van der Waals surface area contributed by atoms with Crippen LogP contribution in [0.15, 0.2) is 42.9 Å². The highest BCUT2D eigenvalue weighted by Crippen LogP contribution is 2.30. The Labute approximate surface area is 157 Å². The Morgan fingerprint density at radius 1 is 1.22 bits per heavy atom. The van der Waals surface area contributed by atoms with E-state index < -0.39 is 0 Å². The molecule has 0 bridgehead atoms. The van der Waals surface area contributed by atoms with Gasteiger partial charge >= 0.3 is 0 Å². The van der Waals surface area contributed by atoms with Gasteiger partial charge < -0.3 is 14.4 Å². The molecule has 7 nitrogen and oxygen atoms in total. The van der Waals surface area contributed by atoms with E-state index in [9.17, 15) is 4.79 Å². The zero-order valence-electron chi connectivity index (χ0n) is 15.5. The Bertz CT molecular complexity index is 969. The van der Waals surface area contributed by atoms with Crippen molar-refractivity contribution in [3.8, 4) is 11.5 Å². The second-order valence-corrected chi connectivity index (χ2v) is 6.78. The van der Waals surface area contributed by atoms with Gasteiger partial charge in [0.25, 0.3) is 5.91 Å². The molecule has 0 N–H and O–H groups in total. The average molecular weight is 366 g/mol. The number of aromatic nitrogens is 3. The second-order valence-electron chi connectivity index (χ2n) is 6.78. The number of rotatable bonds is 5. The molecule has 1 aliphatic heterocycles. The number of nitrogens with zero attached hydrogens (tertiary/aromatic N) is 4. The summed E-state index contributed by atoms with van der Waals surface area (Å²) in [6, 6.07) is 9.66. The molecule has 0 aliphatic carbocycles. The van der Waals surface area contributed by atoms with Gasteiger partial charge in [0.1, 0.15) is 6.33 Å². The van der Waals surface area contributed by atoms with E-state index in [1.54, 1.807) is 24.9 Å². The molecule has 1 unspecified atom stereocenters. The van der Waals surface area contributed by atoms with Crippen LogP contribution in [0.5, 0.6) is 11.5 Å². The topological polar surface area (TPSA) is 69.0 Å². The van der Waals surface area contributed by atoms with Crippen LogP contribution in [0.1, 0.15) is 22.3 Å². The van der Waals surface area contributed by atoms with E-state index in [4.69, 9.17) is 9.47 Å². The van der Waals surface area contributed by atoms with Gasteiger partial charge in [-0.1, -0.05) is 6.07 Å². The molecule has 0 saturated carbocycles. The number of ether oxygens (including phenoxy) is 2. The van der Waals surface area contributed by atoms with Crippen LogP contribution in [0.4, 0.5) is 0 Å². The number of hydrogen-bond acceptors (Lipinski definition) is 5. The number of amides is 1. The van der Waals surface area contributed by atoms with Crippen LogP contribution >= 0.6 is 0 Å². The first-order valence-electron chi connectivity index (χ1n) is 8.98. The van der Waals surface area contributed by atoms with Crippen molar-refractivity contribution in [3.05, 3.63) is 54.0 Å². The van der Waals surface area contributed by atoms with E-state index in [2.05, 4.69) is 16.3 Å². The van der Waals surface area contributed by atoms with Crippen molar-refractivity contribution in [1.29, 1.82) is 0 Å². The maximum Gasteiger partial charge on any atom is 0.257 e. The number of fused-ring (bicyclic) bond motifs is 1. The molecule has 2 aromatic heterocycles. The highest BCUT2D eigenvalue weighted by atomic mass is 16.5. The molecule has 3 heterocycles. The van der Waals surface area contributed by atoms with E-state index in [-0.39, 0.29) is 5.91 Å². The van der Waals surface area contributed by atoms with Gasteiger partial charge in [-0.2, -0.15) is 0 Å². The highest BCUT2D eigenvalue weighted by molar-refractivity contribution is 5.99. The van der Waals surface area contributed by atoms with Crippen molar-refractivity contribution < 1.29 is 14.3 Å². The molecule has 0 radical (unpaired) electrons. The van der Waals surface area contributed by atoms with Crippen molar-refractivity contribution in [3.63, 3.8) is 0 Å². The summed E-state index contributed by atoms with van der Waals surface area (Å²) in [7, 11) is 3.27. The van der Waals surface area contributed by atoms with Gasteiger partial charge in [-0.25, -0.2) is 0 Å². The third-order valence-corrected chi connectivity index (χ3v) is 5.10. The lowest BCUT2D eigenvalue weighted by atomic mass is 9.98. The molecule has 4 rings (SSSR count). The Kier molecular flexibility index (Phi) is 4.66. The first-order chi connectivity index (χ1) is 13.2. The molecule has 140 valence electrons. The van der Waals surface area contributed by atoms with Crippen molar-refractivity contribution in [2.24, 2.45) is 5.92 Å². The number of benzene rings is 1. The lowest BCUT2D eigenvalue weighted by Crippen LogP contribution is -2.29. The monoisotopic (exact) mass is 366 g/mol. The van der Waals surface area contributed by atoms with Crippen LogP contribution in [0.25, 0.3) is 5.65 Å². The minimum Gasteiger partial charge on any atom is -0.493 e. The Balaban J connectivity index is 1.46. The molecule has 27 heavy (non-hydrogen) atoms. The SMILES string of the molecule is COc1ccc(CC2CCN(C(=O)c3cccn4cnnc34)C2)cc1OC. The maximum absolute atomic E-state index is 12.9. The van der Waals surface area contributed by atoms with E-state index in [1.165, 1.54) is 5.56 Å². The molecule has 1 aromatic carbocycles. The molecular weight excluding hydrogens is 344 g/mol. The van der Waals surface area contributed by atoms with Gasteiger partial charge in [0.05, 0.1) is 19.8 Å². The Morgan fingerprint density at radius 3 is 2.89 bits per heavy atom. The summed E-state index contributed by atoms with van der Waals surface area (Å²) in [5.41, 5.74) is 2.39. The first kappa shape index (κ1) is 17.3. The van der Waals surface area contributed by atoms with Gasteiger partial charge in [-0.3, -0.25) is 9.20 Å². The van der Waals surface area contributed by atoms with Gasteiger partial charge in [0, 0.05) is 19.3 Å². The number of hydrogen-bond donors (Lipinski definition) is 0. The van der Waals surface area contributed by atoms with Crippen LogP contribution in [0.2, 0.25) is 0 Å². The average Bonchev–Trinajstić information content (AvgIpc) is 3.36.